The Morgan fingerprint density at radius 3 is 2.35 bits per heavy atom. The molecule has 1 aromatic carbocycles. The first-order valence-corrected chi connectivity index (χ1v) is 7.41. The van der Waals surface area contributed by atoms with Gasteiger partial charge in [-0.25, -0.2) is 17.2 Å². The number of hydrogen-bond acceptors (Lipinski definition) is 4. The summed E-state index contributed by atoms with van der Waals surface area (Å²) in [5.74, 6) is -4.03. The van der Waals surface area contributed by atoms with E-state index in [1.54, 1.807) is 4.72 Å². The van der Waals surface area contributed by atoms with Gasteiger partial charge in [-0.15, -0.1) is 0 Å². The van der Waals surface area contributed by atoms with Crippen LogP contribution in [-0.2, 0) is 14.8 Å². The van der Waals surface area contributed by atoms with Crippen LogP contribution in [0.25, 0.3) is 0 Å². The fourth-order valence-electron chi connectivity index (χ4n) is 1.37. The number of carboxylic acids is 1. The summed E-state index contributed by atoms with van der Waals surface area (Å²) in [5, 5.41) is 18.0. The summed E-state index contributed by atoms with van der Waals surface area (Å²) >= 11 is 2.69. The van der Waals surface area contributed by atoms with E-state index in [0.717, 1.165) is 13.0 Å². The van der Waals surface area contributed by atoms with Crippen molar-refractivity contribution < 1.29 is 32.2 Å². The molecule has 0 aromatic heterocycles. The molecule has 1 aromatic rings. The predicted molar refractivity (Wildman–Crippen MR) is 67.5 cm³/mol. The second kappa shape index (κ2) is 6.12. The molecule has 10 heteroatoms. The molecule has 0 saturated carbocycles. The number of sulfonamides is 1. The molecule has 2 unspecified atom stereocenters. The zero-order valence-electron chi connectivity index (χ0n) is 9.97. The number of carboxylic acid groups (broad SMARTS) is 1. The van der Waals surface area contributed by atoms with Crippen molar-refractivity contribution in [3.63, 3.8) is 0 Å². The van der Waals surface area contributed by atoms with Crippen molar-refractivity contribution >= 4 is 31.9 Å². The van der Waals surface area contributed by atoms with E-state index in [0.29, 0.717) is 6.07 Å². The van der Waals surface area contributed by atoms with E-state index in [1.165, 1.54) is 0 Å². The molecule has 0 amide bonds. The van der Waals surface area contributed by atoms with Gasteiger partial charge in [0.1, 0.15) is 22.6 Å². The molecule has 0 aliphatic rings. The number of aliphatic hydroxyl groups is 1. The Morgan fingerprint density at radius 2 is 1.95 bits per heavy atom. The SMILES string of the molecule is CC(O)C(NS(=O)(=O)c1c(F)cc(F)cc1Br)C(=O)O. The number of carbonyl (C=O) groups is 1. The van der Waals surface area contributed by atoms with Crippen molar-refractivity contribution in [1.29, 1.82) is 0 Å². The highest BCUT2D eigenvalue weighted by molar-refractivity contribution is 9.10. The van der Waals surface area contributed by atoms with Crippen LogP contribution in [0.1, 0.15) is 6.92 Å². The summed E-state index contributed by atoms with van der Waals surface area (Å²) < 4.78 is 51.5. The van der Waals surface area contributed by atoms with Crippen molar-refractivity contribution in [2.75, 3.05) is 0 Å². The number of hydrogen-bond donors (Lipinski definition) is 3. The lowest BCUT2D eigenvalue weighted by Crippen LogP contribution is -2.47. The Balaban J connectivity index is 3.28. The number of aliphatic hydroxyl groups excluding tert-OH is 1. The number of benzene rings is 1. The molecule has 0 aliphatic carbocycles. The summed E-state index contributed by atoms with van der Waals surface area (Å²) in [6.07, 6.45) is -1.55. The van der Waals surface area contributed by atoms with Gasteiger partial charge in [-0.2, -0.15) is 4.72 Å². The van der Waals surface area contributed by atoms with Gasteiger partial charge in [-0.3, -0.25) is 4.79 Å². The summed E-state index contributed by atoms with van der Waals surface area (Å²) in [6.45, 7) is 1.05. The summed E-state index contributed by atoms with van der Waals surface area (Å²) in [4.78, 5) is 9.88. The minimum Gasteiger partial charge on any atom is -0.480 e. The molecule has 0 saturated heterocycles. The molecule has 20 heavy (non-hydrogen) atoms. The molecular formula is C10H10BrF2NO5S. The number of halogens is 3. The van der Waals surface area contributed by atoms with Crippen LogP contribution in [0, 0.1) is 11.6 Å². The molecule has 3 N–H and O–H groups in total. The second-order valence-corrected chi connectivity index (χ2v) is 6.38. The summed E-state index contributed by atoms with van der Waals surface area (Å²) in [6, 6.07) is -0.802. The van der Waals surface area contributed by atoms with Crippen LogP contribution < -0.4 is 4.72 Å². The molecule has 2 atom stereocenters. The van der Waals surface area contributed by atoms with Crippen LogP contribution in [0.4, 0.5) is 8.78 Å². The Hall–Kier alpha value is -1.10. The van der Waals surface area contributed by atoms with E-state index in [-0.39, 0.29) is 0 Å². The van der Waals surface area contributed by atoms with Gasteiger partial charge in [0, 0.05) is 10.5 Å². The quantitative estimate of drug-likeness (QED) is 0.709. The van der Waals surface area contributed by atoms with Crippen LogP contribution in [0.5, 0.6) is 0 Å². The normalized spacial score (nSPS) is 14.8. The first-order valence-electron chi connectivity index (χ1n) is 5.14. The molecule has 1 rings (SSSR count). The molecule has 0 spiro atoms. The van der Waals surface area contributed by atoms with E-state index in [2.05, 4.69) is 15.9 Å². The lowest BCUT2D eigenvalue weighted by Gasteiger charge is -2.18. The van der Waals surface area contributed by atoms with Crippen molar-refractivity contribution in [1.82, 2.24) is 4.72 Å². The van der Waals surface area contributed by atoms with E-state index in [9.17, 15) is 27.1 Å². The average molecular weight is 374 g/mol. The fourth-order valence-corrected chi connectivity index (χ4v) is 3.80. The minimum absolute atomic E-state index is 0.345. The first-order chi connectivity index (χ1) is 9.06. The summed E-state index contributed by atoms with van der Waals surface area (Å²) in [7, 11) is -4.61. The van der Waals surface area contributed by atoms with Gasteiger partial charge < -0.3 is 10.2 Å². The molecule has 0 heterocycles. The van der Waals surface area contributed by atoms with Crippen molar-refractivity contribution in [3.05, 3.63) is 28.2 Å². The molecule has 112 valence electrons. The fraction of sp³-hybridized carbons (Fsp3) is 0.300. The summed E-state index contributed by atoms with van der Waals surface area (Å²) in [5.41, 5.74) is 0. The standard InChI is InChI=1S/C10H10BrF2NO5S/c1-4(15)8(10(16)17)14-20(18,19)9-6(11)2-5(12)3-7(9)13/h2-4,8,14-15H,1H3,(H,16,17). The topological polar surface area (TPSA) is 104 Å². The van der Waals surface area contributed by atoms with E-state index >= 15 is 0 Å². The van der Waals surface area contributed by atoms with E-state index < -0.39 is 49.1 Å². The molecule has 0 bridgehead atoms. The number of nitrogens with one attached hydrogen (secondary N) is 1. The largest absolute Gasteiger partial charge is 0.480 e. The zero-order valence-corrected chi connectivity index (χ0v) is 12.4. The first kappa shape index (κ1) is 17.0. The maximum Gasteiger partial charge on any atom is 0.324 e. The minimum atomic E-state index is -4.61. The lowest BCUT2D eigenvalue weighted by molar-refractivity contribution is -0.141. The third-order valence-corrected chi connectivity index (χ3v) is 4.67. The monoisotopic (exact) mass is 373 g/mol. The lowest BCUT2D eigenvalue weighted by atomic mass is 10.2. The Kier molecular flexibility index (Phi) is 5.19. The Labute approximate surface area is 121 Å². The van der Waals surface area contributed by atoms with Gasteiger partial charge in [0.2, 0.25) is 10.0 Å². The molecule has 6 nitrogen and oxygen atoms in total. The highest BCUT2D eigenvalue weighted by atomic mass is 79.9. The molecular weight excluding hydrogens is 364 g/mol. The van der Waals surface area contributed by atoms with Crippen LogP contribution in [0.15, 0.2) is 21.5 Å². The van der Waals surface area contributed by atoms with Crippen molar-refractivity contribution in [3.8, 4) is 0 Å². The van der Waals surface area contributed by atoms with Crippen molar-refractivity contribution in [2.45, 2.75) is 24.0 Å². The van der Waals surface area contributed by atoms with E-state index in [1.807, 2.05) is 0 Å². The molecule has 0 fully saturated rings. The van der Waals surface area contributed by atoms with Crippen LogP contribution in [0.3, 0.4) is 0 Å². The van der Waals surface area contributed by atoms with E-state index in [4.69, 9.17) is 5.11 Å². The van der Waals surface area contributed by atoms with Gasteiger partial charge >= 0.3 is 5.97 Å². The second-order valence-electron chi connectivity index (χ2n) is 3.88. The number of rotatable bonds is 5. The Bertz CT molecular complexity index is 612. The highest BCUT2D eigenvalue weighted by Gasteiger charge is 2.32. The third-order valence-electron chi connectivity index (χ3n) is 2.26. The molecule has 0 aliphatic heterocycles. The van der Waals surface area contributed by atoms with Crippen LogP contribution in [0.2, 0.25) is 0 Å². The van der Waals surface area contributed by atoms with Crippen LogP contribution in [-0.4, -0.2) is 36.7 Å². The number of aliphatic carboxylic acids is 1. The average Bonchev–Trinajstić information content (AvgIpc) is 2.23. The smallest absolute Gasteiger partial charge is 0.324 e. The highest BCUT2D eigenvalue weighted by Crippen LogP contribution is 2.26. The van der Waals surface area contributed by atoms with Gasteiger partial charge in [0.25, 0.3) is 0 Å². The van der Waals surface area contributed by atoms with Gasteiger partial charge in [0.15, 0.2) is 0 Å². The van der Waals surface area contributed by atoms with Gasteiger partial charge in [0.05, 0.1) is 6.10 Å². The van der Waals surface area contributed by atoms with Gasteiger partial charge in [-0.1, -0.05) is 0 Å². The molecule has 0 radical (unpaired) electrons. The predicted octanol–water partition coefficient (Wildman–Crippen LogP) is 0.840. The Morgan fingerprint density at radius 1 is 1.40 bits per heavy atom. The van der Waals surface area contributed by atoms with Gasteiger partial charge in [-0.05, 0) is 28.9 Å². The third kappa shape index (κ3) is 3.72. The zero-order chi connectivity index (χ0) is 15.7. The maximum atomic E-state index is 13.6. The van der Waals surface area contributed by atoms with Crippen molar-refractivity contribution in [2.24, 2.45) is 0 Å². The van der Waals surface area contributed by atoms with Crippen LogP contribution >= 0.6 is 15.9 Å². The maximum absolute atomic E-state index is 13.6.